The van der Waals surface area contributed by atoms with Crippen LogP contribution in [0.1, 0.15) is 60.1 Å². The molecule has 114 valence electrons. The molecule has 20 heavy (non-hydrogen) atoms. The summed E-state index contributed by atoms with van der Waals surface area (Å²) < 4.78 is 13.6. The Morgan fingerprint density at radius 3 is 2.45 bits per heavy atom. The summed E-state index contributed by atoms with van der Waals surface area (Å²) in [7, 11) is 0. The van der Waals surface area contributed by atoms with E-state index in [1.807, 2.05) is 6.92 Å². The molecule has 1 aromatic rings. The van der Waals surface area contributed by atoms with Gasteiger partial charge in [-0.05, 0) is 25.2 Å². The molecule has 0 spiro atoms. The molecular weight excluding hydrogens is 253 g/mol. The van der Waals surface area contributed by atoms with E-state index in [4.69, 9.17) is 0 Å². The molecule has 0 aliphatic carbocycles. The minimum absolute atomic E-state index is 0.145. The topological polar surface area (TPSA) is 29.0 Å². The summed E-state index contributed by atoms with van der Waals surface area (Å²) in [5, 5.41) is 0. The van der Waals surface area contributed by atoms with Gasteiger partial charge in [-0.15, -0.1) is 0 Å². The second kappa shape index (κ2) is 7.00. The van der Waals surface area contributed by atoms with Crippen LogP contribution < -0.4 is 4.90 Å². The van der Waals surface area contributed by atoms with E-state index < -0.39 is 0 Å². The fourth-order valence-electron chi connectivity index (χ4n) is 2.29. The van der Waals surface area contributed by atoms with Crippen molar-refractivity contribution in [2.24, 2.45) is 5.41 Å². The van der Waals surface area contributed by atoms with Crippen LogP contribution in [0.4, 0.5) is 10.3 Å². The number of anilines is 1. The molecule has 0 amide bonds. The molecule has 0 aliphatic heterocycles. The fourth-order valence-corrected chi connectivity index (χ4v) is 2.29. The van der Waals surface area contributed by atoms with Crippen LogP contribution in [0, 0.1) is 11.2 Å². The summed E-state index contributed by atoms with van der Waals surface area (Å²) in [6, 6.07) is 0.356. The summed E-state index contributed by atoms with van der Waals surface area (Å²) in [4.78, 5) is 10.8. The number of aromatic nitrogens is 2. The molecule has 0 saturated carbocycles. The van der Waals surface area contributed by atoms with Crippen molar-refractivity contribution in [3.63, 3.8) is 0 Å². The number of aryl methyl sites for hydroxylation is 1. The maximum atomic E-state index is 13.6. The lowest BCUT2D eigenvalue weighted by Crippen LogP contribution is -2.40. The van der Waals surface area contributed by atoms with Gasteiger partial charge in [0.2, 0.25) is 5.95 Å². The van der Waals surface area contributed by atoms with Crippen molar-refractivity contribution in [1.82, 2.24) is 9.97 Å². The maximum absolute atomic E-state index is 13.6. The van der Waals surface area contributed by atoms with Gasteiger partial charge in [-0.3, -0.25) is 0 Å². The average Bonchev–Trinajstić information content (AvgIpc) is 2.36. The Kier molecular flexibility index (Phi) is 5.90. The van der Waals surface area contributed by atoms with Crippen molar-refractivity contribution in [2.75, 3.05) is 11.4 Å². The van der Waals surface area contributed by atoms with Gasteiger partial charge in [0.15, 0.2) is 5.82 Å². The minimum Gasteiger partial charge on any atom is -0.338 e. The second-order valence-corrected chi connectivity index (χ2v) is 6.64. The molecule has 1 rings (SSSR count). The van der Waals surface area contributed by atoms with Crippen LogP contribution in [0.3, 0.4) is 0 Å². The van der Waals surface area contributed by atoms with Crippen LogP contribution in [-0.4, -0.2) is 22.6 Å². The van der Waals surface area contributed by atoms with Crippen molar-refractivity contribution in [2.45, 2.75) is 66.8 Å². The second-order valence-electron chi connectivity index (χ2n) is 6.64. The zero-order valence-electron chi connectivity index (χ0n) is 13.7. The Morgan fingerprint density at radius 2 is 1.95 bits per heavy atom. The monoisotopic (exact) mass is 281 g/mol. The summed E-state index contributed by atoms with van der Waals surface area (Å²) in [6.45, 7) is 13.7. The molecule has 0 saturated heterocycles. The van der Waals surface area contributed by atoms with Gasteiger partial charge in [-0.2, -0.15) is 0 Å². The van der Waals surface area contributed by atoms with E-state index in [0.29, 0.717) is 24.1 Å². The highest BCUT2D eigenvalue weighted by Gasteiger charge is 2.23. The molecule has 0 bridgehead atoms. The van der Waals surface area contributed by atoms with Crippen LogP contribution in [0.25, 0.3) is 0 Å². The normalized spacial score (nSPS) is 13.3. The summed E-state index contributed by atoms with van der Waals surface area (Å²) in [6.07, 6.45) is 4.09. The first-order valence-electron chi connectivity index (χ1n) is 7.56. The number of rotatable bonds is 6. The van der Waals surface area contributed by atoms with E-state index in [2.05, 4.69) is 49.5 Å². The Morgan fingerprint density at radius 1 is 1.30 bits per heavy atom. The predicted octanol–water partition coefficient (Wildman–Crippen LogP) is 4.22. The first kappa shape index (κ1) is 16.9. The SMILES string of the molecule is CCCC(C)N(CC(C)(C)C)c1ncc(F)c(CC)n1. The van der Waals surface area contributed by atoms with Gasteiger partial charge in [0, 0.05) is 12.6 Å². The van der Waals surface area contributed by atoms with E-state index in [9.17, 15) is 4.39 Å². The van der Waals surface area contributed by atoms with E-state index in [1.54, 1.807) is 0 Å². The molecule has 4 heteroatoms. The molecule has 0 aromatic carbocycles. The highest BCUT2D eigenvalue weighted by Crippen LogP contribution is 2.23. The summed E-state index contributed by atoms with van der Waals surface area (Å²) >= 11 is 0. The lowest BCUT2D eigenvalue weighted by molar-refractivity contribution is 0.384. The third-order valence-electron chi connectivity index (χ3n) is 3.28. The maximum Gasteiger partial charge on any atom is 0.225 e. The van der Waals surface area contributed by atoms with Crippen LogP contribution in [-0.2, 0) is 6.42 Å². The molecule has 1 heterocycles. The highest BCUT2D eigenvalue weighted by atomic mass is 19.1. The van der Waals surface area contributed by atoms with E-state index in [-0.39, 0.29) is 11.2 Å². The Balaban J connectivity index is 3.09. The largest absolute Gasteiger partial charge is 0.338 e. The molecular formula is C16H28FN3. The van der Waals surface area contributed by atoms with Crippen molar-refractivity contribution < 1.29 is 4.39 Å². The quantitative estimate of drug-likeness (QED) is 0.781. The van der Waals surface area contributed by atoms with Crippen LogP contribution >= 0.6 is 0 Å². The molecule has 0 radical (unpaired) electrons. The zero-order chi connectivity index (χ0) is 15.3. The first-order chi connectivity index (χ1) is 9.28. The van der Waals surface area contributed by atoms with Gasteiger partial charge in [0.05, 0.1) is 11.9 Å². The molecule has 0 N–H and O–H groups in total. The zero-order valence-corrected chi connectivity index (χ0v) is 13.7. The standard InChI is InChI=1S/C16H28FN3/c1-7-9-12(3)20(11-16(4,5)6)15-18-10-13(17)14(8-2)19-15/h10,12H,7-9,11H2,1-6H3. The lowest BCUT2D eigenvalue weighted by atomic mass is 9.95. The third-order valence-corrected chi connectivity index (χ3v) is 3.28. The molecule has 1 unspecified atom stereocenters. The lowest BCUT2D eigenvalue weighted by Gasteiger charge is -2.35. The van der Waals surface area contributed by atoms with E-state index in [1.165, 1.54) is 6.20 Å². The number of hydrogen-bond acceptors (Lipinski definition) is 3. The van der Waals surface area contributed by atoms with Gasteiger partial charge in [-0.25, -0.2) is 14.4 Å². The molecule has 0 fully saturated rings. The number of hydrogen-bond donors (Lipinski definition) is 0. The predicted molar refractivity (Wildman–Crippen MR) is 82.5 cm³/mol. The van der Waals surface area contributed by atoms with Crippen molar-refractivity contribution in [3.05, 3.63) is 17.7 Å². The molecule has 1 atom stereocenters. The minimum atomic E-state index is -0.310. The van der Waals surface area contributed by atoms with Crippen molar-refractivity contribution in [3.8, 4) is 0 Å². The van der Waals surface area contributed by atoms with Gasteiger partial charge >= 0.3 is 0 Å². The molecule has 0 aliphatic rings. The van der Waals surface area contributed by atoms with E-state index in [0.717, 1.165) is 19.4 Å². The van der Waals surface area contributed by atoms with E-state index >= 15 is 0 Å². The first-order valence-corrected chi connectivity index (χ1v) is 7.56. The number of nitrogens with zero attached hydrogens (tertiary/aromatic N) is 3. The van der Waals surface area contributed by atoms with Crippen molar-refractivity contribution in [1.29, 1.82) is 0 Å². The van der Waals surface area contributed by atoms with Crippen LogP contribution in [0.15, 0.2) is 6.20 Å². The molecule has 3 nitrogen and oxygen atoms in total. The Labute approximate surface area is 122 Å². The third kappa shape index (κ3) is 4.73. The summed E-state index contributed by atoms with van der Waals surface area (Å²) in [5.74, 6) is 0.342. The van der Waals surface area contributed by atoms with Gasteiger partial charge in [-0.1, -0.05) is 41.0 Å². The van der Waals surface area contributed by atoms with Crippen LogP contribution in [0.2, 0.25) is 0 Å². The Hall–Kier alpha value is -1.19. The molecule has 1 aromatic heterocycles. The van der Waals surface area contributed by atoms with Gasteiger partial charge < -0.3 is 4.90 Å². The Bertz CT molecular complexity index is 426. The van der Waals surface area contributed by atoms with Crippen molar-refractivity contribution >= 4 is 5.95 Å². The number of halogens is 1. The average molecular weight is 281 g/mol. The summed E-state index contributed by atoms with van der Waals surface area (Å²) in [5.41, 5.74) is 0.643. The van der Waals surface area contributed by atoms with Crippen LogP contribution in [0.5, 0.6) is 0 Å². The fraction of sp³-hybridized carbons (Fsp3) is 0.750. The van der Waals surface area contributed by atoms with Gasteiger partial charge in [0.25, 0.3) is 0 Å². The van der Waals surface area contributed by atoms with Gasteiger partial charge in [0.1, 0.15) is 0 Å². The smallest absolute Gasteiger partial charge is 0.225 e. The highest BCUT2D eigenvalue weighted by molar-refractivity contribution is 5.33.